The first-order chi connectivity index (χ1) is 8.74. The van der Waals surface area contributed by atoms with Crippen molar-refractivity contribution in [1.82, 2.24) is 4.98 Å². The summed E-state index contributed by atoms with van der Waals surface area (Å²) in [6.45, 7) is 3.71. The van der Waals surface area contributed by atoms with Crippen molar-refractivity contribution in [3.63, 3.8) is 0 Å². The highest BCUT2D eigenvalue weighted by Crippen LogP contribution is 2.27. The minimum Gasteiger partial charge on any atom is -0.389 e. The Morgan fingerprint density at radius 3 is 3.17 bits per heavy atom. The van der Waals surface area contributed by atoms with E-state index < -0.39 is 6.10 Å². The topological polar surface area (TPSA) is 36.4 Å². The number of aliphatic hydroxyl groups excluding tert-OH is 1. The Morgan fingerprint density at radius 2 is 2.33 bits per heavy atom. The molecule has 2 aromatic rings. The van der Waals surface area contributed by atoms with Crippen LogP contribution in [0.2, 0.25) is 0 Å². The van der Waals surface area contributed by atoms with Gasteiger partial charge in [0, 0.05) is 24.2 Å². The smallest absolute Gasteiger partial charge is 0.129 e. The highest BCUT2D eigenvalue weighted by Gasteiger charge is 2.18. The molecule has 0 bridgehead atoms. The van der Waals surface area contributed by atoms with Crippen LogP contribution in [0.5, 0.6) is 0 Å². The number of aromatic nitrogens is 1. The van der Waals surface area contributed by atoms with Crippen LogP contribution in [0.25, 0.3) is 0 Å². The lowest BCUT2D eigenvalue weighted by molar-refractivity contribution is 0.199. The summed E-state index contributed by atoms with van der Waals surface area (Å²) in [6, 6.07) is 6.06. The van der Waals surface area contributed by atoms with Crippen molar-refractivity contribution >= 4 is 17.2 Å². The van der Waals surface area contributed by atoms with Gasteiger partial charge >= 0.3 is 0 Å². The standard InChI is InChI=1S/C14H16N2OS/c1-10(17)11-2-5-15-14(8-11)16-6-3-13-12(9-16)4-7-18-13/h2,4-5,7-8,10,17H,3,6,9H2,1H3/t10-/m1/s1. The number of nitrogens with zero attached hydrogens (tertiary/aromatic N) is 2. The van der Waals surface area contributed by atoms with Crippen LogP contribution in [0.1, 0.15) is 29.0 Å². The van der Waals surface area contributed by atoms with Crippen molar-refractivity contribution in [2.45, 2.75) is 26.0 Å². The number of hydrogen-bond acceptors (Lipinski definition) is 4. The maximum Gasteiger partial charge on any atom is 0.129 e. The van der Waals surface area contributed by atoms with Crippen molar-refractivity contribution in [2.75, 3.05) is 11.4 Å². The van der Waals surface area contributed by atoms with Crippen molar-refractivity contribution in [1.29, 1.82) is 0 Å². The molecular formula is C14H16N2OS. The third kappa shape index (κ3) is 2.13. The van der Waals surface area contributed by atoms with Crippen LogP contribution in [0.4, 0.5) is 5.82 Å². The maximum absolute atomic E-state index is 9.63. The van der Waals surface area contributed by atoms with E-state index in [1.165, 1.54) is 10.4 Å². The molecule has 0 saturated carbocycles. The van der Waals surface area contributed by atoms with Crippen LogP contribution >= 0.6 is 11.3 Å². The molecule has 3 nitrogen and oxygen atoms in total. The molecule has 0 spiro atoms. The van der Waals surface area contributed by atoms with Crippen LogP contribution < -0.4 is 4.90 Å². The van der Waals surface area contributed by atoms with Crippen molar-refractivity contribution in [2.24, 2.45) is 0 Å². The van der Waals surface area contributed by atoms with E-state index in [2.05, 4.69) is 21.3 Å². The summed E-state index contributed by atoms with van der Waals surface area (Å²) in [6.07, 6.45) is 2.43. The second-order valence-electron chi connectivity index (χ2n) is 4.66. The molecule has 1 aliphatic rings. The minimum absolute atomic E-state index is 0.437. The number of hydrogen-bond donors (Lipinski definition) is 1. The Bertz CT molecular complexity index is 550. The minimum atomic E-state index is -0.437. The maximum atomic E-state index is 9.63. The molecule has 0 radical (unpaired) electrons. The monoisotopic (exact) mass is 260 g/mol. The molecule has 0 aromatic carbocycles. The predicted octanol–water partition coefficient (Wildman–Crippen LogP) is 2.76. The molecule has 1 atom stereocenters. The fourth-order valence-electron chi connectivity index (χ4n) is 2.31. The third-order valence-electron chi connectivity index (χ3n) is 3.38. The van der Waals surface area contributed by atoms with Crippen molar-refractivity contribution < 1.29 is 5.11 Å². The zero-order chi connectivity index (χ0) is 12.5. The first-order valence-electron chi connectivity index (χ1n) is 6.18. The Balaban J connectivity index is 1.86. The fraction of sp³-hybridized carbons (Fsp3) is 0.357. The van der Waals surface area contributed by atoms with Gasteiger partial charge in [0.05, 0.1) is 6.10 Å². The quantitative estimate of drug-likeness (QED) is 0.902. The number of aliphatic hydroxyl groups is 1. The molecule has 0 fully saturated rings. The molecule has 0 saturated heterocycles. The van der Waals surface area contributed by atoms with Gasteiger partial charge in [-0.15, -0.1) is 11.3 Å². The molecule has 0 aliphatic carbocycles. The molecule has 1 aliphatic heterocycles. The summed E-state index contributed by atoms with van der Waals surface area (Å²) in [5.41, 5.74) is 2.34. The molecule has 18 heavy (non-hydrogen) atoms. The molecule has 2 aromatic heterocycles. The van der Waals surface area contributed by atoms with Crippen molar-refractivity contribution in [3.05, 3.63) is 45.8 Å². The largest absolute Gasteiger partial charge is 0.389 e. The van der Waals surface area contributed by atoms with E-state index >= 15 is 0 Å². The van der Waals surface area contributed by atoms with Crippen molar-refractivity contribution in [3.8, 4) is 0 Å². The SMILES string of the molecule is C[C@@H](O)c1ccnc(N2CCc3sccc3C2)c1. The summed E-state index contributed by atoms with van der Waals surface area (Å²) in [4.78, 5) is 8.20. The van der Waals surface area contributed by atoms with Crippen LogP contribution in [0.15, 0.2) is 29.8 Å². The normalized spacial score (nSPS) is 16.4. The first kappa shape index (κ1) is 11.7. The van der Waals surface area contributed by atoms with E-state index in [1.54, 1.807) is 13.1 Å². The zero-order valence-electron chi connectivity index (χ0n) is 10.3. The summed E-state index contributed by atoms with van der Waals surface area (Å²) in [7, 11) is 0. The lowest BCUT2D eigenvalue weighted by Crippen LogP contribution is -2.30. The molecule has 1 N–H and O–H groups in total. The Morgan fingerprint density at radius 1 is 1.44 bits per heavy atom. The summed E-state index contributed by atoms with van der Waals surface area (Å²) < 4.78 is 0. The second-order valence-corrected chi connectivity index (χ2v) is 5.66. The molecule has 0 unspecified atom stereocenters. The number of anilines is 1. The summed E-state index contributed by atoms with van der Waals surface area (Å²) >= 11 is 1.84. The molecule has 0 amide bonds. The van der Waals surface area contributed by atoms with Gasteiger partial charge in [0.25, 0.3) is 0 Å². The average Bonchev–Trinajstić information content (AvgIpc) is 2.86. The molecule has 94 valence electrons. The number of thiophene rings is 1. The highest BCUT2D eigenvalue weighted by atomic mass is 32.1. The predicted molar refractivity (Wildman–Crippen MR) is 73.9 cm³/mol. The molecule has 3 rings (SSSR count). The van der Waals surface area contributed by atoms with Crippen LogP contribution in [-0.4, -0.2) is 16.6 Å². The van der Waals surface area contributed by atoms with Gasteiger partial charge in [-0.3, -0.25) is 0 Å². The van der Waals surface area contributed by atoms with Crippen LogP contribution in [0, 0.1) is 0 Å². The lowest BCUT2D eigenvalue weighted by atomic mass is 10.1. The summed E-state index contributed by atoms with van der Waals surface area (Å²) in [5, 5.41) is 11.8. The van der Waals surface area contributed by atoms with E-state index in [-0.39, 0.29) is 0 Å². The van der Waals surface area contributed by atoms with Gasteiger partial charge in [-0.05, 0) is 48.1 Å². The molecular weight excluding hydrogens is 244 g/mol. The fourth-order valence-corrected chi connectivity index (χ4v) is 3.20. The van der Waals surface area contributed by atoms with E-state index in [1.807, 2.05) is 23.5 Å². The second kappa shape index (κ2) is 4.71. The number of rotatable bonds is 2. The van der Waals surface area contributed by atoms with Crippen LogP contribution in [0.3, 0.4) is 0 Å². The van der Waals surface area contributed by atoms with Gasteiger partial charge < -0.3 is 10.0 Å². The summed E-state index contributed by atoms with van der Waals surface area (Å²) in [5.74, 6) is 0.963. The highest BCUT2D eigenvalue weighted by molar-refractivity contribution is 7.10. The van der Waals surface area contributed by atoms with Gasteiger partial charge in [0.1, 0.15) is 5.82 Å². The van der Waals surface area contributed by atoms with Gasteiger partial charge in [-0.2, -0.15) is 0 Å². The Hall–Kier alpha value is -1.39. The van der Waals surface area contributed by atoms with E-state index in [0.717, 1.165) is 30.9 Å². The number of pyridine rings is 1. The van der Waals surface area contributed by atoms with Gasteiger partial charge in [0.2, 0.25) is 0 Å². The molecule has 4 heteroatoms. The van der Waals surface area contributed by atoms with E-state index in [4.69, 9.17) is 0 Å². The average molecular weight is 260 g/mol. The van der Waals surface area contributed by atoms with E-state index in [9.17, 15) is 5.11 Å². The number of fused-ring (bicyclic) bond motifs is 1. The molecule has 3 heterocycles. The Kier molecular flexibility index (Phi) is 3.06. The van der Waals surface area contributed by atoms with E-state index in [0.29, 0.717) is 0 Å². The van der Waals surface area contributed by atoms with Gasteiger partial charge in [0.15, 0.2) is 0 Å². The first-order valence-corrected chi connectivity index (χ1v) is 7.06. The van der Waals surface area contributed by atoms with Crippen LogP contribution in [-0.2, 0) is 13.0 Å². The van der Waals surface area contributed by atoms with Gasteiger partial charge in [-0.25, -0.2) is 4.98 Å². The zero-order valence-corrected chi connectivity index (χ0v) is 11.2. The Labute approximate surface area is 111 Å². The third-order valence-corrected chi connectivity index (χ3v) is 4.41. The van der Waals surface area contributed by atoms with Gasteiger partial charge in [-0.1, -0.05) is 0 Å². The lowest BCUT2D eigenvalue weighted by Gasteiger charge is -2.28.